The number of aromatic nitrogens is 2. The SMILES string of the molecule is CC(C)(C)c1nsc(N2CCc3ccc(F)cc3C2)n1. The Hall–Kier alpha value is -1.49. The van der Waals surface area contributed by atoms with Crippen LogP contribution in [0.15, 0.2) is 18.2 Å². The van der Waals surface area contributed by atoms with Crippen LogP contribution in [0.5, 0.6) is 0 Å². The Morgan fingerprint density at radius 2 is 2.05 bits per heavy atom. The molecule has 20 heavy (non-hydrogen) atoms. The van der Waals surface area contributed by atoms with E-state index in [2.05, 4.69) is 35.0 Å². The predicted molar refractivity (Wildman–Crippen MR) is 79.8 cm³/mol. The van der Waals surface area contributed by atoms with E-state index in [4.69, 9.17) is 0 Å². The molecule has 5 heteroatoms. The molecule has 3 nitrogen and oxygen atoms in total. The van der Waals surface area contributed by atoms with Crippen LogP contribution in [-0.4, -0.2) is 15.9 Å². The monoisotopic (exact) mass is 291 g/mol. The third-order valence-corrected chi connectivity index (χ3v) is 4.31. The molecule has 0 unspecified atom stereocenters. The average molecular weight is 291 g/mol. The Bertz CT molecular complexity index is 630. The summed E-state index contributed by atoms with van der Waals surface area (Å²) in [6.45, 7) is 7.96. The molecule has 106 valence electrons. The van der Waals surface area contributed by atoms with Crippen molar-refractivity contribution in [2.24, 2.45) is 0 Å². The Labute approximate surface area is 122 Å². The maximum Gasteiger partial charge on any atom is 0.205 e. The highest BCUT2D eigenvalue weighted by atomic mass is 32.1. The van der Waals surface area contributed by atoms with E-state index in [-0.39, 0.29) is 11.2 Å². The zero-order valence-electron chi connectivity index (χ0n) is 12.0. The van der Waals surface area contributed by atoms with Crippen LogP contribution in [0, 0.1) is 5.82 Å². The van der Waals surface area contributed by atoms with Crippen LogP contribution < -0.4 is 4.90 Å². The zero-order chi connectivity index (χ0) is 14.3. The van der Waals surface area contributed by atoms with Gasteiger partial charge in [0, 0.05) is 30.0 Å². The van der Waals surface area contributed by atoms with Gasteiger partial charge in [0.05, 0.1) is 0 Å². The number of anilines is 1. The van der Waals surface area contributed by atoms with E-state index in [1.165, 1.54) is 23.2 Å². The third kappa shape index (κ3) is 2.54. The summed E-state index contributed by atoms with van der Waals surface area (Å²) in [7, 11) is 0. The fraction of sp³-hybridized carbons (Fsp3) is 0.467. The maximum absolute atomic E-state index is 13.3. The molecule has 1 aromatic carbocycles. The molecule has 0 N–H and O–H groups in total. The molecule has 2 heterocycles. The fourth-order valence-electron chi connectivity index (χ4n) is 2.34. The highest BCUT2D eigenvalue weighted by Gasteiger charge is 2.24. The summed E-state index contributed by atoms with van der Waals surface area (Å²) >= 11 is 1.43. The first kappa shape index (κ1) is 13.5. The topological polar surface area (TPSA) is 29.0 Å². The van der Waals surface area contributed by atoms with Gasteiger partial charge in [-0.2, -0.15) is 4.37 Å². The van der Waals surface area contributed by atoms with Gasteiger partial charge in [0.1, 0.15) is 11.6 Å². The van der Waals surface area contributed by atoms with Crippen molar-refractivity contribution in [3.8, 4) is 0 Å². The molecule has 0 aliphatic carbocycles. The molecular weight excluding hydrogens is 273 g/mol. The van der Waals surface area contributed by atoms with E-state index in [9.17, 15) is 4.39 Å². The van der Waals surface area contributed by atoms with Gasteiger partial charge in [-0.25, -0.2) is 9.37 Å². The van der Waals surface area contributed by atoms with E-state index in [0.717, 1.165) is 29.5 Å². The van der Waals surface area contributed by atoms with Gasteiger partial charge < -0.3 is 4.90 Å². The van der Waals surface area contributed by atoms with Gasteiger partial charge in [0.15, 0.2) is 0 Å². The molecule has 1 aliphatic rings. The lowest BCUT2D eigenvalue weighted by molar-refractivity contribution is 0.553. The van der Waals surface area contributed by atoms with Gasteiger partial charge in [0.2, 0.25) is 5.13 Å². The van der Waals surface area contributed by atoms with Crippen LogP contribution >= 0.6 is 11.5 Å². The Kier molecular flexibility index (Phi) is 3.24. The van der Waals surface area contributed by atoms with Crippen LogP contribution in [0.1, 0.15) is 37.7 Å². The van der Waals surface area contributed by atoms with E-state index < -0.39 is 0 Å². The number of rotatable bonds is 1. The van der Waals surface area contributed by atoms with Gasteiger partial charge in [-0.3, -0.25) is 0 Å². The van der Waals surface area contributed by atoms with Crippen molar-refractivity contribution in [1.82, 2.24) is 9.36 Å². The normalized spacial score (nSPS) is 15.3. The third-order valence-electron chi connectivity index (χ3n) is 3.54. The van der Waals surface area contributed by atoms with Crippen molar-refractivity contribution in [2.45, 2.75) is 39.2 Å². The number of fused-ring (bicyclic) bond motifs is 1. The molecule has 0 fully saturated rings. The summed E-state index contributed by atoms with van der Waals surface area (Å²) in [5.41, 5.74) is 2.26. The second kappa shape index (κ2) is 4.81. The summed E-state index contributed by atoms with van der Waals surface area (Å²) in [6.07, 6.45) is 0.931. The minimum absolute atomic E-state index is 0.0332. The predicted octanol–water partition coefficient (Wildman–Crippen LogP) is 3.54. The summed E-state index contributed by atoms with van der Waals surface area (Å²) in [4.78, 5) is 6.83. The van der Waals surface area contributed by atoms with Gasteiger partial charge >= 0.3 is 0 Å². The zero-order valence-corrected chi connectivity index (χ0v) is 12.8. The number of hydrogen-bond acceptors (Lipinski definition) is 4. The molecule has 0 radical (unpaired) electrons. The van der Waals surface area contributed by atoms with Crippen molar-refractivity contribution in [2.75, 3.05) is 11.4 Å². The lowest BCUT2D eigenvalue weighted by Gasteiger charge is -2.28. The number of nitrogens with zero attached hydrogens (tertiary/aromatic N) is 3. The van der Waals surface area contributed by atoms with Gasteiger partial charge in [-0.1, -0.05) is 26.8 Å². The first-order valence-corrected chi connectivity index (χ1v) is 7.57. The number of hydrogen-bond donors (Lipinski definition) is 0. The number of halogens is 1. The maximum atomic E-state index is 13.3. The standard InChI is InChI=1S/C15H18FN3S/c1-15(2,3)13-17-14(20-18-13)19-7-6-10-4-5-12(16)8-11(10)9-19/h4-5,8H,6-7,9H2,1-3H3. The number of benzene rings is 1. The minimum atomic E-state index is -0.168. The lowest BCUT2D eigenvalue weighted by Crippen LogP contribution is -2.30. The average Bonchev–Trinajstić information content (AvgIpc) is 2.87. The molecule has 0 spiro atoms. The molecular formula is C15H18FN3S. The van der Waals surface area contributed by atoms with Gasteiger partial charge in [-0.15, -0.1) is 0 Å². The fourth-order valence-corrected chi connectivity index (χ4v) is 3.22. The molecule has 0 atom stereocenters. The van der Waals surface area contributed by atoms with E-state index in [0.29, 0.717) is 6.54 Å². The molecule has 1 aliphatic heterocycles. The highest BCUT2D eigenvalue weighted by molar-refractivity contribution is 7.09. The summed E-state index contributed by atoms with van der Waals surface area (Å²) in [5, 5.41) is 0.935. The van der Waals surface area contributed by atoms with Crippen LogP contribution in [0.3, 0.4) is 0 Å². The van der Waals surface area contributed by atoms with Crippen molar-refractivity contribution in [3.63, 3.8) is 0 Å². The summed E-state index contributed by atoms with van der Waals surface area (Å²) < 4.78 is 17.8. The second-order valence-corrected chi connectivity index (χ2v) is 6.97. The smallest absolute Gasteiger partial charge is 0.205 e. The highest BCUT2D eigenvalue weighted by Crippen LogP contribution is 2.29. The Morgan fingerprint density at radius 1 is 1.25 bits per heavy atom. The molecule has 0 saturated carbocycles. The summed E-state index contributed by atoms with van der Waals surface area (Å²) in [6, 6.07) is 5.06. The molecule has 2 aromatic rings. The van der Waals surface area contributed by atoms with Crippen LogP contribution in [-0.2, 0) is 18.4 Å². The first-order chi connectivity index (χ1) is 9.43. The quantitative estimate of drug-likeness (QED) is 0.805. The largest absolute Gasteiger partial charge is 0.342 e. The molecule has 0 bridgehead atoms. The van der Waals surface area contributed by atoms with Crippen molar-refractivity contribution < 1.29 is 4.39 Å². The van der Waals surface area contributed by atoms with E-state index in [1.54, 1.807) is 6.07 Å². The van der Waals surface area contributed by atoms with Crippen LogP contribution in [0.2, 0.25) is 0 Å². The Morgan fingerprint density at radius 3 is 2.75 bits per heavy atom. The van der Waals surface area contributed by atoms with Gasteiger partial charge in [0.25, 0.3) is 0 Å². The second-order valence-electron chi connectivity index (χ2n) is 6.24. The van der Waals surface area contributed by atoms with E-state index in [1.807, 2.05) is 6.07 Å². The lowest BCUT2D eigenvalue weighted by atomic mass is 9.96. The van der Waals surface area contributed by atoms with Crippen molar-refractivity contribution in [1.29, 1.82) is 0 Å². The van der Waals surface area contributed by atoms with Gasteiger partial charge in [-0.05, 0) is 29.7 Å². The van der Waals surface area contributed by atoms with Crippen molar-refractivity contribution in [3.05, 3.63) is 41.0 Å². The van der Waals surface area contributed by atoms with E-state index >= 15 is 0 Å². The minimum Gasteiger partial charge on any atom is -0.342 e. The summed E-state index contributed by atoms with van der Waals surface area (Å²) in [5.74, 6) is 0.709. The van der Waals surface area contributed by atoms with Crippen LogP contribution in [0.4, 0.5) is 9.52 Å². The molecule has 1 aromatic heterocycles. The Balaban J connectivity index is 1.85. The molecule has 0 saturated heterocycles. The van der Waals surface area contributed by atoms with Crippen molar-refractivity contribution >= 4 is 16.7 Å². The molecule has 0 amide bonds. The molecule has 3 rings (SSSR count). The van der Waals surface area contributed by atoms with Crippen LogP contribution in [0.25, 0.3) is 0 Å². The first-order valence-electron chi connectivity index (χ1n) is 6.80.